The molecule has 2 aromatic carbocycles. The molecule has 2 aromatic rings. The molecule has 0 radical (unpaired) electrons. The highest BCUT2D eigenvalue weighted by Crippen LogP contribution is 2.35. The molecule has 1 aliphatic rings. The van der Waals surface area contributed by atoms with Gasteiger partial charge in [-0.1, -0.05) is 34.1 Å². The van der Waals surface area contributed by atoms with Crippen LogP contribution in [0.1, 0.15) is 20.7 Å². The van der Waals surface area contributed by atoms with Crippen molar-refractivity contribution in [1.29, 1.82) is 0 Å². The van der Waals surface area contributed by atoms with E-state index in [9.17, 15) is 14.4 Å². The molecular weight excluding hydrogens is 336 g/mol. The molecule has 6 heteroatoms. The molecule has 104 valence electrons. The highest BCUT2D eigenvalue weighted by Gasteiger charge is 2.31. The summed E-state index contributed by atoms with van der Waals surface area (Å²) >= 11 is 3.27. The quantitative estimate of drug-likeness (QED) is 0.822. The first-order chi connectivity index (χ1) is 10.1. The first-order valence-electron chi connectivity index (χ1n) is 6.12. The predicted molar refractivity (Wildman–Crippen MR) is 81.5 cm³/mol. The molecule has 0 saturated carbocycles. The standard InChI is InChI=1S/C15H9BrN2O3/c16-9-6-10-12(18-15(21)13(10)19)11(7-9)17-14(20)8-4-2-1-3-5-8/h1-7H,(H,17,20)(H,18,19,21). The number of carbonyl (C=O) groups is 3. The highest BCUT2D eigenvalue weighted by atomic mass is 79.9. The lowest BCUT2D eigenvalue weighted by Crippen LogP contribution is -2.14. The van der Waals surface area contributed by atoms with E-state index in [0.29, 0.717) is 21.4 Å². The molecule has 0 bridgehead atoms. The zero-order valence-electron chi connectivity index (χ0n) is 10.6. The molecule has 0 spiro atoms. The lowest BCUT2D eigenvalue weighted by Gasteiger charge is -2.10. The van der Waals surface area contributed by atoms with Gasteiger partial charge >= 0.3 is 0 Å². The minimum Gasteiger partial charge on any atom is -0.320 e. The van der Waals surface area contributed by atoms with E-state index >= 15 is 0 Å². The van der Waals surface area contributed by atoms with Crippen molar-refractivity contribution >= 4 is 44.9 Å². The van der Waals surface area contributed by atoms with Crippen molar-refractivity contribution < 1.29 is 14.4 Å². The van der Waals surface area contributed by atoms with Crippen LogP contribution in [0.3, 0.4) is 0 Å². The minimum absolute atomic E-state index is 0.248. The van der Waals surface area contributed by atoms with Gasteiger partial charge in [0.2, 0.25) is 0 Å². The number of anilines is 2. The first-order valence-corrected chi connectivity index (χ1v) is 6.91. The van der Waals surface area contributed by atoms with E-state index in [1.807, 2.05) is 6.07 Å². The molecule has 0 aromatic heterocycles. The summed E-state index contributed by atoms with van der Waals surface area (Å²) in [6.07, 6.45) is 0. The molecule has 1 heterocycles. The van der Waals surface area contributed by atoms with Crippen LogP contribution in [-0.2, 0) is 4.79 Å². The van der Waals surface area contributed by atoms with Gasteiger partial charge in [-0.15, -0.1) is 0 Å². The molecule has 0 atom stereocenters. The van der Waals surface area contributed by atoms with Gasteiger partial charge in [-0.2, -0.15) is 0 Å². The molecule has 5 nitrogen and oxygen atoms in total. The molecular formula is C15H9BrN2O3. The van der Waals surface area contributed by atoms with Crippen LogP contribution in [0.5, 0.6) is 0 Å². The topological polar surface area (TPSA) is 75.3 Å². The van der Waals surface area contributed by atoms with Gasteiger partial charge < -0.3 is 10.6 Å². The molecule has 1 aliphatic heterocycles. The summed E-state index contributed by atoms with van der Waals surface area (Å²) in [4.78, 5) is 35.3. The van der Waals surface area contributed by atoms with E-state index in [2.05, 4.69) is 26.6 Å². The van der Waals surface area contributed by atoms with Crippen LogP contribution in [0.4, 0.5) is 11.4 Å². The molecule has 0 saturated heterocycles. The monoisotopic (exact) mass is 344 g/mol. The van der Waals surface area contributed by atoms with E-state index in [-0.39, 0.29) is 11.5 Å². The van der Waals surface area contributed by atoms with Gasteiger partial charge in [0.25, 0.3) is 17.6 Å². The van der Waals surface area contributed by atoms with Crippen molar-refractivity contribution in [3.63, 3.8) is 0 Å². The summed E-state index contributed by atoms with van der Waals surface area (Å²) in [7, 11) is 0. The van der Waals surface area contributed by atoms with Crippen LogP contribution < -0.4 is 10.6 Å². The fraction of sp³-hybridized carbons (Fsp3) is 0. The van der Waals surface area contributed by atoms with E-state index in [0.717, 1.165) is 0 Å². The van der Waals surface area contributed by atoms with Crippen LogP contribution in [0.15, 0.2) is 46.9 Å². The number of rotatable bonds is 2. The Morgan fingerprint density at radius 1 is 1.10 bits per heavy atom. The second kappa shape index (κ2) is 5.14. The number of fused-ring (bicyclic) bond motifs is 1. The van der Waals surface area contributed by atoms with Crippen molar-refractivity contribution in [3.8, 4) is 0 Å². The Kier molecular flexibility index (Phi) is 3.31. The maximum Gasteiger partial charge on any atom is 0.296 e. The van der Waals surface area contributed by atoms with Gasteiger partial charge in [-0.3, -0.25) is 14.4 Å². The third kappa shape index (κ3) is 2.45. The van der Waals surface area contributed by atoms with Crippen molar-refractivity contribution in [2.24, 2.45) is 0 Å². The average molecular weight is 345 g/mol. The lowest BCUT2D eigenvalue weighted by atomic mass is 10.1. The summed E-state index contributed by atoms with van der Waals surface area (Å²) in [5, 5.41) is 5.18. The van der Waals surface area contributed by atoms with Crippen LogP contribution >= 0.6 is 15.9 Å². The second-order valence-electron chi connectivity index (χ2n) is 4.48. The van der Waals surface area contributed by atoms with E-state index in [1.54, 1.807) is 36.4 Å². The van der Waals surface area contributed by atoms with Crippen molar-refractivity contribution in [3.05, 3.63) is 58.1 Å². The Morgan fingerprint density at radius 2 is 1.81 bits per heavy atom. The molecule has 3 rings (SSSR count). The second-order valence-corrected chi connectivity index (χ2v) is 5.39. The average Bonchev–Trinajstić information content (AvgIpc) is 2.76. The number of halogens is 1. The summed E-state index contributed by atoms with van der Waals surface area (Å²) in [5.41, 5.74) is 1.45. The Morgan fingerprint density at radius 3 is 2.52 bits per heavy atom. The van der Waals surface area contributed by atoms with Crippen LogP contribution in [0.25, 0.3) is 0 Å². The number of carbonyl (C=O) groups excluding carboxylic acids is 3. The number of Topliss-reactive ketones (excluding diaryl/α,β-unsaturated/α-hetero) is 1. The molecule has 0 aliphatic carbocycles. The van der Waals surface area contributed by atoms with E-state index < -0.39 is 11.7 Å². The SMILES string of the molecule is O=C1Nc2c(NC(=O)c3ccccc3)cc(Br)cc2C1=O. The van der Waals surface area contributed by atoms with Crippen LogP contribution in [-0.4, -0.2) is 17.6 Å². The zero-order chi connectivity index (χ0) is 15.0. The Balaban J connectivity index is 1.98. The summed E-state index contributed by atoms with van der Waals surface area (Å²) in [6.45, 7) is 0. The maximum absolute atomic E-state index is 12.2. The molecule has 2 amide bonds. The number of amides is 2. The Hall–Kier alpha value is -2.47. The van der Waals surface area contributed by atoms with Crippen molar-refractivity contribution in [2.75, 3.05) is 10.6 Å². The number of nitrogens with one attached hydrogen (secondary N) is 2. The molecule has 0 fully saturated rings. The highest BCUT2D eigenvalue weighted by molar-refractivity contribution is 9.10. The van der Waals surface area contributed by atoms with Gasteiger partial charge in [0.1, 0.15) is 0 Å². The summed E-state index contributed by atoms with van der Waals surface area (Å²) in [6, 6.07) is 11.9. The van der Waals surface area contributed by atoms with E-state index in [1.165, 1.54) is 0 Å². The van der Waals surface area contributed by atoms with Gasteiger partial charge in [0, 0.05) is 10.0 Å². The van der Waals surface area contributed by atoms with Crippen molar-refractivity contribution in [1.82, 2.24) is 0 Å². The normalized spacial score (nSPS) is 12.8. The fourth-order valence-electron chi connectivity index (χ4n) is 2.10. The smallest absolute Gasteiger partial charge is 0.296 e. The van der Waals surface area contributed by atoms with Crippen LogP contribution in [0, 0.1) is 0 Å². The Labute approximate surface area is 128 Å². The van der Waals surface area contributed by atoms with Crippen LogP contribution in [0.2, 0.25) is 0 Å². The first kappa shape index (κ1) is 13.5. The van der Waals surface area contributed by atoms with Gasteiger partial charge in [-0.05, 0) is 24.3 Å². The molecule has 2 N–H and O–H groups in total. The van der Waals surface area contributed by atoms with Crippen molar-refractivity contribution in [2.45, 2.75) is 0 Å². The van der Waals surface area contributed by atoms with Gasteiger partial charge in [-0.25, -0.2) is 0 Å². The Bertz CT molecular complexity index is 772. The minimum atomic E-state index is -0.696. The zero-order valence-corrected chi connectivity index (χ0v) is 12.2. The number of hydrogen-bond donors (Lipinski definition) is 2. The van der Waals surface area contributed by atoms with Gasteiger partial charge in [0.15, 0.2) is 0 Å². The number of benzene rings is 2. The number of hydrogen-bond acceptors (Lipinski definition) is 3. The summed E-state index contributed by atoms with van der Waals surface area (Å²) in [5.74, 6) is -1.62. The number of ketones is 1. The largest absolute Gasteiger partial charge is 0.320 e. The maximum atomic E-state index is 12.2. The molecule has 21 heavy (non-hydrogen) atoms. The fourth-order valence-corrected chi connectivity index (χ4v) is 2.55. The third-order valence-electron chi connectivity index (χ3n) is 3.08. The van der Waals surface area contributed by atoms with E-state index in [4.69, 9.17) is 0 Å². The lowest BCUT2D eigenvalue weighted by molar-refractivity contribution is -0.112. The predicted octanol–water partition coefficient (Wildman–Crippen LogP) is 2.84. The molecule has 0 unspecified atom stereocenters. The van der Waals surface area contributed by atoms with Gasteiger partial charge in [0.05, 0.1) is 16.9 Å². The summed E-state index contributed by atoms with van der Waals surface area (Å²) < 4.78 is 0.606. The third-order valence-corrected chi connectivity index (χ3v) is 3.53.